The molecule has 6 heteroatoms. The van der Waals surface area contributed by atoms with Crippen LogP contribution in [0.25, 0.3) is 10.9 Å². The molecule has 0 aliphatic rings. The smallest absolute Gasteiger partial charge is 0.262 e. The molecule has 0 aliphatic carbocycles. The van der Waals surface area contributed by atoms with Crippen molar-refractivity contribution in [3.8, 4) is 11.5 Å². The SMILES string of the molecule is COc1ccc(CCn2c(SC)nc3ccccc3c2=O)cc1OC. The molecule has 0 spiro atoms. The molecule has 0 N–H and O–H groups in total. The molecule has 0 saturated carbocycles. The fraction of sp³-hybridized carbons (Fsp3) is 0.263. The van der Waals surface area contributed by atoms with Gasteiger partial charge in [0.25, 0.3) is 5.56 Å². The molecule has 25 heavy (non-hydrogen) atoms. The van der Waals surface area contributed by atoms with Gasteiger partial charge in [-0.1, -0.05) is 30.0 Å². The Bertz CT molecular complexity index is 953. The van der Waals surface area contributed by atoms with E-state index < -0.39 is 0 Å². The number of thioether (sulfide) groups is 1. The maximum atomic E-state index is 12.8. The molecule has 0 fully saturated rings. The second-order valence-corrected chi connectivity index (χ2v) is 6.29. The van der Waals surface area contributed by atoms with Crippen molar-refractivity contribution >= 4 is 22.7 Å². The fourth-order valence-electron chi connectivity index (χ4n) is 2.78. The average molecular weight is 356 g/mol. The van der Waals surface area contributed by atoms with Crippen LogP contribution in [0, 0.1) is 0 Å². The molecule has 0 aliphatic heterocycles. The van der Waals surface area contributed by atoms with Crippen LogP contribution in [0.3, 0.4) is 0 Å². The standard InChI is InChI=1S/C19H20N2O3S/c1-23-16-9-8-13(12-17(16)24-2)10-11-21-18(22)14-6-4-5-7-15(14)20-19(21)25-3/h4-9,12H,10-11H2,1-3H3. The Labute approximate surface area is 150 Å². The normalized spacial score (nSPS) is 10.8. The first kappa shape index (κ1) is 17.4. The zero-order valence-electron chi connectivity index (χ0n) is 14.5. The molecule has 0 radical (unpaired) electrons. The molecular weight excluding hydrogens is 336 g/mol. The predicted octanol–water partition coefficient (Wildman–Crippen LogP) is 3.38. The summed E-state index contributed by atoms with van der Waals surface area (Å²) in [5, 5.41) is 1.37. The Morgan fingerprint density at radius 2 is 1.84 bits per heavy atom. The van der Waals surface area contributed by atoms with E-state index >= 15 is 0 Å². The summed E-state index contributed by atoms with van der Waals surface area (Å²) in [5.74, 6) is 1.38. The number of nitrogens with zero attached hydrogens (tertiary/aromatic N) is 2. The Balaban J connectivity index is 1.93. The molecule has 0 atom stereocenters. The topological polar surface area (TPSA) is 53.4 Å². The number of methoxy groups -OCH3 is 2. The summed E-state index contributed by atoms with van der Waals surface area (Å²) in [6.45, 7) is 0.558. The third kappa shape index (κ3) is 3.49. The van der Waals surface area contributed by atoms with Crippen LogP contribution in [0.15, 0.2) is 52.4 Å². The quantitative estimate of drug-likeness (QED) is 0.501. The first-order valence-electron chi connectivity index (χ1n) is 7.92. The molecule has 130 valence electrons. The predicted molar refractivity (Wildman–Crippen MR) is 101 cm³/mol. The minimum atomic E-state index is -0.00423. The highest BCUT2D eigenvalue weighted by atomic mass is 32.2. The van der Waals surface area contributed by atoms with Gasteiger partial charge in [-0.3, -0.25) is 9.36 Å². The van der Waals surface area contributed by atoms with E-state index in [-0.39, 0.29) is 5.56 Å². The molecule has 2 aromatic carbocycles. The lowest BCUT2D eigenvalue weighted by atomic mass is 10.1. The van der Waals surface area contributed by atoms with E-state index in [9.17, 15) is 4.79 Å². The van der Waals surface area contributed by atoms with Gasteiger partial charge in [0, 0.05) is 6.54 Å². The van der Waals surface area contributed by atoms with E-state index in [1.165, 1.54) is 11.8 Å². The van der Waals surface area contributed by atoms with E-state index in [0.717, 1.165) is 16.2 Å². The van der Waals surface area contributed by atoms with Gasteiger partial charge in [-0.25, -0.2) is 4.98 Å². The first-order valence-corrected chi connectivity index (χ1v) is 9.15. The highest BCUT2D eigenvalue weighted by Crippen LogP contribution is 2.28. The molecule has 1 aromatic heterocycles. The van der Waals surface area contributed by atoms with Gasteiger partial charge in [0.2, 0.25) is 0 Å². The summed E-state index contributed by atoms with van der Waals surface area (Å²) < 4.78 is 12.3. The van der Waals surface area contributed by atoms with Gasteiger partial charge in [0.05, 0.1) is 25.1 Å². The lowest BCUT2D eigenvalue weighted by Gasteiger charge is -2.13. The van der Waals surface area contributed by atoms with Gasteiger partial charge in [-0.2, -0.15) is 0 Å². The van der Waals surface area contributed by atoms with Crippen LogP contribution in [0.5, 0.6) is 11.5 Å². The Morgan fingerprint density at radius 3 is 2.56 bits per heavy atom. The van der Waals surface area contributed by atoms with Crippen LogP contribution < -0.4 is 15.0 Å². The maximum absolute atomic E-state index is 12.8. The second kappa shape index (κ2) is 7.61. The zero-order chi connectivity index (χ0) is 17.8. The molecule has 0 saturated heterocycles. The number of hydrogen-bond acceptors (Lipinski definition) is 5. The van der Waals surface area contributed by atoms with Gasteiger partial charge >= 0.3 is 0 Å². The minimum absolute atomic E-state index is 0.00423. The summed E-state index contributed by atoms with van der Waals surface area (Å²) in [4.78, 5) is 17.4. The van der Waals surface area contributed by atoms with Gasteiger partial charge in [-0.05, 0) is 42.5 Å². The maximum Gasteiger partial charge on any atom is 0.262 e. The van der Waals surface area contributed by atoms with Crippen molar-refractivity contribution in [2.45, 2.75) is 18.1 Å². The molecular formula is C19H20N2O3S. The number of fused-ring (bicyclic) bond motifs is 1. The third-order valence-electron chi connectivity index (χ3n) is 4.08. The van der Waals surface area contributed by atoms with Gasteiger partial charge in [0.1, 0.15) is 0 Å². The number of hydrogen-bond donors (Lipinski definition) is 0. The number of para-hydroxylation sites is 1. The van der Waals surface area contributed by atoms with Gasteiger partial charge in [0.15, 0.2) is 16.7 Å². The second-order valence-electron chi connectivity index (χ2n) is 5.51. The van der Waals surface area contributed by atoms with Crippen molar-refractivity contribution in [1.82, 2.24) is 9.55 Å². The monoisotopic (exact) mass is 356 g/mol. The molecule has 1 heterocycles. The van der Waals surface area contributed by atoms with Gasteiger partial charge in [-0.15, -0.1) is 0 Å². The van der Waals surface area contributed by atoms with Crippen molar-refractivity contribution in [3.05, 3.63) is 58.4 Å². The van der Waals surface area contributed by atoms with E-state index in [0.29, 0.717) is 29.9 Å². The van der Waals surface area contributed by atoms with E-state index in [1.807, 2.05) is 48.7 Å². The molecule has 5 nitrogen and oxygen atoms in total. The van der Waals surface area contributed by atoms with Crippen LogP contribution in [-0.4, -0.2) is 30.0 Å². The van der Waals surface area contributed by atoms with Crippen LogP contribution in [0.2, 0.25) is 0 Å². The summed E-state index contributed by atoms with van der Waals surface area (Å²) >= 11 is 1.48. The highest BCUT2D eigenvalue weighted by Gasteiger charge is 2.11. The third-order valence-corrected chi connectivity index (χ3v) is 4.76. The summed E-state index contributed by atoms with van der Waals surface area (Å²) in [7, 11) is 3.23. The van der Waals surface area contributed by atoms with E-state index in [4.69, 9.17) is 9.47 Å². The Hall–Kier alpha value is -2.47. The van der Waals surface area contributed by atoms with Crippen LogP contribution in [0.1, 0.15) is 5.56 Å². The molecule has 3 rings (SSSR count). The first-order chi connectivity index (χ1) is 12.2. The fourth-order valence-corrected chi connectivity index (χ4v) is 3.36. The Morgan fingerprint density at radius 1 is 1.08 bits per heavy atom. The number of benzene rings is 2. The average Bonchev–Trinajstić information content (AvgIpc) is 2.66. The summed E-state index contributed by atoms with van der Waals surface area (Å²) in [6, 6.07) is 13.3. The highest BCUT2D eigenvalue weighted by molar-refractivity contribution is 7.98. The zero-order valence-corrected chi connectivity index (χ0v) is 15.3. The van der Waals surface area contributed by atoms with Crippen molar-refractivity contribution in [1.29, 1.82) is 0 Å². The Kier molecular flexibility index (Phi) is 5.28. The largest absolute Gasteiger partial charge is 0.493 e. The lowest BCUT2D eigenvalue weighted by molar-refractivity contribution is 0.354. The van der Waals surface area contributed by atoms with Crippen molar-refractivity contribution < 1.29 is 9.47 Å². The molecule has 0 amide bonds. The van der Waals surface area contributed by atoms with Gasteiger partial charge < -0.3 is 9.47 Å². The summed E-state index contributed by atoms with van der Waals surface area (Å²) in [5.41, 5.74) is 1.81. The summed E-state index contributed by atoms with van der Waals surface area (Å²) in [6.07, 6.45) is 2.64. The lowest BCUT2D eigenvalue weighted by Crippen LogP contribution is -2.24. The number of ether oxygens (including phenoxy) is 2. The van der Waals surface area contributed by atoms with Crippen LogP contribution >= 0.6 is 11.8 Å². The molecule has 0 bridgehead atoms. The minimum Gasteiger partial charge on any atom is -0.493 e. The van der Waals surface area contributed by atoms with E-state index in [1.54, 1.807) is 18.8 Å². The van der Waals surface area contributed by atoms with Crippen LogP contribution in [-0.2, 0) is 13.0 Å². The number of rotatable bonds is 6. The molecule has 0 unspecified atom stereocenters. The van der Waals surface area contributed by atoms with Crippen molar-refractivity contribution in [2.24, 2.45) is 0 Å². The molecule has 3 aromatic rings. The van der Waals surface area contributed by atoms with Crippen molar-refractivity contribution in [3.63, 3.8) is 0 Å². The van der Waals surface area contributed by atoms with Crippen molar-refractivity contribution in [2.75, 3.05) is 20.5 Å². The number of aromatic nitrogens is 2. The van der Waals surface area contributed by atoms with Crippen LogP contribution in [0.4, 0.5) is 0 Å². The number of aryl methyl sites for hydroxylation is 1. The van der Waals surface area contributed by atoms with E-state index in [2.05, 4.69) is 4.98 Å².